The average molecular weight is 420 g/mol. The van der Waals surface area contributed by atoms with Crippen molar-refractivity contribution < 1.29 is 14.3 Å². The summed E-state index contributed by atoms with van der Waals surface area (Å²) < 4.78 is 13.7. The molecule has 4 rings (SSSR count). The van der Waals surface area contributed by atoms with E-state index in [1.54, 1.807) is 6.20 Å². The standard InChI is InChI=1S/C25H29N3O3/c1-3-4-5-9-20-24(18-10-11-21-22(15-18)31-14-13-30-21)23(25(26)29)17(2)28(20)16-19-8-6-7-12-27-19/h6-8,10-12,15H,3-5,9,13-14,16H2,1-2H3,(H2,26,29). The maximum absolute atomic E-state index is 12.6. The number of nitrogens with two attached hydrogens (primary N) is 1. The van der Waals surface area contributed by atoms with Crippen LogP contribution >= 0.6 is 0 Å². The summed E-state index contributed by atoms with van der Waals surface area (Å²) in [6.07, 6.45) is 5.94. The van der Waals surface area contributed by atoms with Crippen LogP contribution in [0.3, 0.4) is 0 Å². The topological polar surface area (TPSA) is 79.4 Å². The molecule has 1 aliphatic rings. The van der Waals surface area contributed by atoms with Crippen molar-refractivity contribution in [3.63, 3.8) is 0 Å². The molecule has 0 spiro atoms. The van der Waals surface area contributed by atoms with Crippen LogP contribution in [0.1, 0.15) is 53.6 Å². The molecule has 0 saturated heterocycles. The molecule has 6 heteroatoms. The van der Waals surface area contributed by atoms with Crippen molar-refractivity contribution in [1.82, 2.24) is 9.55 Å². The second-order valence-corrected chi connectivity index (χ2v) is 7.87. The molecule has 3 heterocycles. The van der Waals surface area contributed by atoms with E-state index >= 15 is 0 Å². The van der Waals surface area contributed by atoms with E-state index in [2.05, 4.69) is 16.5 Å². The fourth-order valence-electron chi connectivity index (χ4n) is 4.28. The van der Waals surface area contributed by atoms with Crippen LogP contribution in [-0.4, -0.2) is 28.7 Å². The molecule has 0 atom stereocenters. The van der Waals surface area contributed by atoms with E-state index in [1.165, 1.54) is 0 Å². The minimum Gasteiger partial charge on any atom is -0.486 e. The van der Waals surface area contributed by atoms with Gasteiger partial charge in [0.05, 0.1) is 17.8 Å². The minimum absolute atomic E-state index is 0.418. The molecule has 1 aromatic carbocycles. The van der Waals surface area contributed by atoms with Crippen LogP contribution in [0, 0.1) is 6.92 Å². The molecule has 0 fully saturated rings. The summed E-state index contributed by atoms with van der Waals surface area (Å²) in [5, 5.41) is 0. The fraction of sp³-hybridized carbons (Fsp3) is 0.360. The monoisotopic (exact) mass is 419 g/mol. The molecule has 0 aliphatic carbocycles. The van der Waals surface area contributed by atoms with Gasteiger partial charge in [0.25, 0.3) is 5.91 Å². The Morgan fingerprint density at radius 2 is 1.94 bits per heavy atom. The van der Waals surface area contributed by atoms with E-state index < -0.39 is 5.91 Å². The molecule has 6 nitrogen and oxygen atoms in total. The summed E-state index contributed by atoms with van der Waals surface area (Å²) >= 11 is 0. The van der Waals surface area contributed by atoms with Gasteiger partial charge in [-0.25, -0.2) is 0 Å². The molecule has 1 amide bonds. The first-order chi connectivity index (χ1) is 15.1. The predicted octanol–water partition coefficient (Wildman–Crippen LogP) is 4.51. The predicted molar refractivity (Wildman–Crippen MR) is 121 cm³/mol. The highest BCUT2D eigenvalue weighted by Crippen LogP contribution is 2.39. The number of hydrogen-bond acceptors (Lipinski definition) is 4. The maximum Gasteiger partial charge on any atom is 0.251 e. The average Bonchev–Trinajstić information content (AvgIpc) is 3.06. The summed E-state index contributed by atoms with van der Waals surface area (Å²) in [6.45, 7) is 5.81. The fourth-order valence-corrected chi connectivity index (χ4v) is 4.28. The van der Waals surface area contributed by atoms with E-state index in [4.69, 9.17) is 15.2 Å². The number of primary amides is 1. The normalized spacial score (nSPS) is 12.7. The van der Waals surface area contributed by atoms with Crippen molar-refractivity contribution in [3.8, 4) is 22.6 Å². The van der Waals surface area contributed by atoms with Crippen molar-refractivity contribution in [2.45, 2.75) is 46.1 Å². The summed E-state index contributed by atoms with van der Waals surface area (Å²) in [6, 6.07) is 11.8. The van der Waals surface area contributed by atoms with Gasteiger partial charge in [-0.2, -0.15) is 0 Å². The number of ether oxygens (including phenoxy) is 2. The molecule has 1 aliphatic heterocycles. The lowest BCUT2D eigenvalue weighted by atomic mass is 9.97. The first-order valence-electron chi connectivity index (χ1n) is 10.9. The van der Waals surface area contributed by atoms with Crippen LogP contribution in [0.25, 0.3) is 11.1 Å². The highest BCUT2D eigenvalue weighted by Gasteiger charge is 2.26. The Hall–Kier alpha value is -3.28. The summed E-state index contributed by atoms with van der Waals surface area (Å²) in [4.78, 5) is 17.1. The number of pyridine rings is 1. The lowest BCUT2D eigenvalue weighted by Crippen LogP contribution is -2.15. The second-order valence-electron chi connectivity index (χ2n) is 7.87. The first-order valence-corrected chi connectivity index (χ1v) is 10.9. The van der Waals surface area contributed by atoms with E-state index in [9.17, 15) is 4.79 Å². The minimum atomic E-state index is -0.418. The van der Waals surface area contributed by atoms with E-state index in [1.807, 2.05) is 43.3 Å². The number of fused-ring (bicyclic) bond motifs is 1. The van der Waals surface area contributed by atoms with E-state index in [0.29, 0.717) is 31.1 Å². The van der Waals surface area contributed by atoms with Gasteiger partial charge in [-0.15, -0.1) is 0 Å². The number of benzene rings is 1. The zero-order valence-electron chi connectivity index (χ0n) is 18.2. The molecule has 0 radical (unpaired) electrons. The number of hydrogen-bond donors (Lipinski definition) is 1. The molecular weight excluding hydrogens is 390 g/mol. The molecule has 162 valence electrons. The highest BCUT2D eigenvalue weighted by molar-refractivity contribution is 6.02. The van der Waals surface area contributed by atoms with Gasteiger partial charge in [0.1, 0.15) is 13.2 Å². The van der Waals surface area contributed by atoms with E-state index in [-0.39, 0.29) is 0 Å². The number of rotatable bonds is 8. The molecule has 31 heavy (non-hydrogen) atoms. The number of unbranched alkanes of at least 4 members (excludes halogenated alkanes) is 2. The van der Waals surface area contributed by atoms with Crippen LogP contribution in [-0.2, 0) is 13.0 Å². The van der Waals surface area contributed by atoms with Crippen LogP contribution < -0.4 is 15.2 Å². The zero-order chi connectivity index (χ0) is 21.8. The Morgan fingerprint density at radius 1 is 1.13 bits per heavy atom. The SMILES string of the molecule is CCCCCc1c(-c2ccc3c(c2)OCCO3)c(C(N)=O)c(C)n1Cc1ccccn1. The van der Waals surface area contributed by atoms with Gasteiger partial charge in [0.2, 0.25) is 0 Å². The Labute approximate surface area is 183 Å². The van der Waals surface area contributed by atoms with Crippen molar-refractivity contribution in [1.29, 1.82) is 0 Å². The Bertz CT molecular complexity index is 1070. The second kappa shape index (κ2) is 9.25. The molecule has 2 N–H and O–H groups in total. The molecule has 3 aromatic rings. The first kappa shape index (κ1) is 21.0. The van der Waals surface area contributed by atoms with Crippen LogP contribution in [0.5, 0.6) is 11.5 Å². The van der Waals surface area contributed by atoms with Crippen molar-refractivity contribution in [3.05, 3.63) is 65.2 Å². The number of amides is 1. The molecule has 0 bridgehead atoms. The van der Waals surface area contributed by atoms with Gasteiger partial charge in [0.15, 0.2) is 11.5 Å². The van der Waals surface area contributed by atoms with Crippen molar-refractivity contribution in [2.24, 2.45) is 5.73 Å². The summed E-state index contributed by atoms with van der Waals surface area (Å²) in [5.74, 6) is 1.01. The van der Waals surface area contributed by atoms with E-state index in [0.717, 1.165) is 59.6 Å². The molecular formula is C25H29N3O3. The number of aromatic nitrogens is 2. The number of carbonyl (C=O) groups excluding carboxylic acids is 1. The van der Waals surface area contributed by atoms with Crippen LogP contribution in [0.4, 0.5) is 0 Å². The Balaban J connectivity index is 1.87. The van der Waals surface area contributed by atoms with Crippen molar-refractivity contribution >= 4 is 5.91 Å². The lowest BCUT2D eigenvalue weighted by molar-refractivity contribution is 0.1000. The summed E-state index contributed by atoms with van der Waals surface area (Å²) in [7, 11) is 0. The third-order valence-corrected chi connectivity index (χ3v) is 5.77. The number of carbonyl (C=O) groups is 1. The maximum atomic E-state index is 12.6. The van der Waals surface area contributed by atoms with Crippen molar-refractivity contribution in [2.75, 3.05) is 13.2 Å². The Morgan fingerprint density at radius 3 is 2.65 bits per heavy atom. The van der Waals surface area contributed by atoms with Crippen LogP contribution in [0.15, 0.2) is 42.6 Å². The molecule has 2 aromatic heterocycles. The smallest absolute Gasteiger partial charge is 0.251 e. The third-order valence-electron chi connectivity index (χ3n) is 5.77. The van der Waals surface area contributed by atoms with Gasteiger partial charge in [-0.3, -0.25) is 9.78 Å². The largest absolute Gasteiger partial charge is 0.486 e. The van der Waals surface area contributed by atoms with Crippen LogP contribution in [0.2, 0.25) is 0 Å². The van der Waals surface area contributed by atoms with Gasteiger partial charge < -0.3 is 19.8 Å². The molecule has 0 unspecified atom stereocenters. The zero-order valence-corrected chi connectivity index (χ0v) is 18.2. The molecule has 0 saturated carbocycles. The third kappa shape index (κ3) is 4.29. The lowest BCUT2D eigenvalue weighted by Gasteiger charge is -2.19. The Kier molecular flexibility index (Phi) is 6.26. The quantitative estimate of drug-likeness (QED) is 0.545. The summed E-state index contributed by atoms with van der Waals surface area (Å²) in [5.41, 5.74) is 11.2. The highest BCUT2D eigenvalue weighted by atomic mass is 16.6. The number of nitrogens with zero attached hydrogens (tertiary/aromatic N) is 2. The van der Waals surface area contributed by atoms with Gasteiger partial charge in [0, 0.05) is 23.1 Å². The van der Waals surface area contributed by atoms with Gasteiger partial charge in [-0.1, -0.05) is 31.9 Å². The van der Waals surface area contributed by atoms with Gasteiger partial charge in [-0.05, 0) is 49.6 Å². The van der Waals surface area contributed by atoms with Gasteiger partial charge >= 0.3 is 0 Å².